The number of imide groups is 1. The number of anilines is 1. The summed E-state index contributed by atoms with van der Waals surface area (Å²) in [7, 11) is 0. The Morgan fingerprint density at radius 1 is 1.19 bits per heavy atom. The third-order valence-electron chi connectivity index (χ3n) is 6.05. The van der Waals surface area contributed by atoms with E-state index in [1.165, 1.54) is 37.3 Å². The fourth-order valence-corrected chi connectivity index (χ4v) is 4.34. The Morgan fingerprint density at radius 3 is 2.50 bits per heavy atom. The molecule has 0 spiro atoms. The minimum Gasteiger partial charge on any atom is -0.394 e. The first-order chi connectivity index (χ1) is 17.1. The molecule has 0 saturated heterocycles. The molecule has 1 heterocycles. The van der Waals surface area contributed by atoms with Crippen molar-refractivity contribution in [3.8, 4) is 6.07 Å². The minimum atomic E-state index is -4.67. The number of amides is 4. The molecule has 8 nitrogen and oxygen atoms in total. The topological polar surface area (TPSA) is 114 Å². The number of aliphatic hydroxyl groups excluding tert-OH is 1. The van der Waals surface area contributed by atoms with E-state index >= 15 is 0 Å². The third kappa shape index (κ3) is 4.43. The molecule has 1 aliphatic heterocycles. The number of Topliss-reactive ketones (excluding diaryl/α,β-unsaturated/α-hetero) is 1. The van der Waals surface area contributed by atoms with Crippen LogP contribution in [0.2, 0.25) is 0 Å². The molecular formula is C25H21F3N4O4. The van der Waals surface area contributed by atoms with Gasteiger partial charge in [0.05, 0.1) is 41.6 Å². The first-order valence-corrected chi connectivity index (χ1v) is 11.0. The minimum absolute atomic E-state index is 0.0166. The molecule has 0 saturated carbocycles. The molecule has 11 heteroatoms. The van der Waals surface area contributed by atoms with Crippen LogP contribution >= 0.6 is 0 Å². The number of ketones is 1. The van der Waals surface area contributed by atoms with Crippen molar-refractivity contribution in [3.63, 3.8) is 0 Å². The summed E-state index contributed by atoms with van der Waals surface area (Å²) in [6.07, 6.45) is -4.55. The zero-order valence-electron chi connectivity index (χ0n) is 19.0. The Kier molecular flexibility index (Phi) is 6.56. The number of carbonyl (C=O) groups excluding carboxylic acids is 3. The molecule has 2 aromatic rings. The van der Waals surface area contributed by atoms with Crippen molar-refractivity contribution in [2.24, 2.45) is 0 Å². The lowest BCUT2D eigenvalue weighted by Gasteiger charge is -2.41. The van der Waals surface area contributed by atoms with Gasteiger partial charge in [-0.25, -0.2) is 14.5 Å². The molecule has 0 radical (unpaired) electrons. The molecule has 1 unspecified atom stereocenters. The molecule has 4 rings (SSSR count). The summed E-state index contributed by atoms with van der Waals surface area (Å²) in [5, 5.41) is 21.0. The number of aliphatic hydroxyl groups is 1. The molecule has 2 N–H and O–H groups in total. The van der Waals surface area contributed by atoms with E-state index in [1.54, 1.807) is 0 Å². The molecule has 4 amide bonds. The molecule has 0 fully saturated rings. The van der Waals surface area contributed by atoms with Gasteiger partial charge in [-0.1, -0.05) is 18.2 Å². The monoisotopic (exact) mass is 498 g/mol. The highest BCUT2D eigenvalue weighted by atomic mass is 19.4. The number of hydrogen-bond donors (Lipinski definition) is 2. The average molecular weight is 498 g/mol. The number of nitrogens with zero attached hydrogens (tertiary/aromatic N) is 3. The van der Waals surface area contributed by atoms with Crippen molar-refractivity contribution < 1.29 is 32.7 Å². The second-order valence-electron chi connectivity index (χ2n) is 8.49. The number of alkyl halides is 3. The number of allylic oxidation sites excluding steroid dienone is 1. The van der Waals surface area contributed by atoms with Crippen LogP contribution in [0.3, 0.4) is 0 Å². The number of rotatable bonds is 4. The lowest BCUT2D eigenvalue weighted by molar-refractivity contribution is -0.137. The van der Waals surface area contributed by atoms with Crippen LogP contribution in [0.15, 0.2) is 59.8 Å². The van der Waals surface area contributed by atoms with Crippen LogP contribution in [0.1, 0.15) is 42.5 Å². The van der Waals surface area contributed by atoms with Crippen molar-refractivity contribution in [2.75, 3.05) is 11.5 Å². The van der Waals surface area contributed by atoms with E-state index < -0.39 is 42.5 Å². The first kappa shape index (κ1) is 24.9. The maximum atomic E-state index is 13.8. The fraction of sp³-hybridized carbons (Fsp3) is 0.280. The van der Waals surface area contributed by atoms with Crippen molar-refractivity contribution >= 4 is 23.5 Å². The molecular weight excluding hydrogens is 477 g/mol. The standard InChI is InChI=1S/C25H21F3N4O4/c1-14(13-33)30-23(35)32-22(16-7-5-15(12-29)6-8-16)21-19(9-10-20(21)34)31(24(32)36)18-4-2-3-17(11-18)25(26,27)28/h2-8,11,14,22,33H,9-10,13H2,1H3,(H,30,35)/t14-,22?/m0/s1. The SMILES string of the molecule is C[C@@H](CO)NC(=O)N1C(=O)N(c2cccc(C(F)(F)F)c2)C2=C(C(=O)CC2)C1c1ccc(C#N)cc1. The Hall–Kier alpha value is -4.17. The number of hydrogen-bond acceptors (Lipinski definition) is 5. The summed E-state index contributed by atoms with van der Waals surface area (Å²) in [6, 6.07) is 8.27. The summed E-state index contributed by atoms with van der Waals surface area (Å²) in [5.41, 5.74) is -0.0907. The van der Waals surface area contributed by atoms with Crippen molar-refractivity contribution in [2.45, 2.75) is 38.0 Å². The number of nitrogens with one attached hydrogen (secondary N) is 1. The van der Waals surface area contributed by atoms with Gasteiger partial charge in [-0.05, 0) is 49.2 Å². The van der Waals surface area contributed by atoms with Gasteiger partial charge in [-0.15, -0.1) is 0 Å². The zero-order chi connectivity index (χ0) is 26.2. The van der Waals surface area contributed by atoms with Gasteiger partial charge >= 0.3 is 18.2 Å². The van der Waals surface area contributed by atoms with Crippen LogP contribution in [0.4, 0.5) is 28.4 Å². The lowest BCUT2D eigenvalue weighted by Crippen LogP contribution is -2.56. The number of benzene rings is 2. The van der Waals surface area contributed by atoms with E-state index in [4.69, 9.17) is 5.26 Å². The normalized spacial score (nSPS) is 18.7. The second-order valence-corrected chi connectivity index (χ2v) is 8.49. The number of carbonyl (C=O) groups is 3. The summed E-state index contributed by atoms with van der Waals surface area (Å²) < 4.78 is 40.2. The zero-order valence-corrected chi connectivity index (χ0v) is 19.0. The molecule has 0 aromatic heterocycles. The Morgan fingerprint density at radius 2 is 1.89 bits per heavy atom. The maximum Gasteiger partial charge on any atom is 0.416 e. The first-order valence-electron chi connectivity index (χ1n) is 11.0. The molecule has 186 valence electrons. The van der Waals surface area contributed by atoms with Crippen LogP contribution in [0.25, 0.3) is 0 Å². The van der Waals surface area contributed by atoms with E-state index in [-0.39, 0.29) is 35.6 Å². The van der Waals surface area contributed by atoms with Crippen LogP contribution in [-0.2, 0) is 11.0 Å². The van der Waals surface area contributed by atoms with E-state index in [0.29, 0.717) is 11.1 Å². The predicted molar refractivity (Wildman–Crippen MR) is 121 cm³/mol. The van der Waals surface area contributed by atoms with Crippen molar-refractivity contribution in [3.05, 3.63) is 76.5 Å². The van der Waals surface area contributed by atoms with Gasteiger partial charge < -0.3 is 10.4 Å². The smallest absolute Gasteiger partial charge is 0.394 e. The molecule has 2 aromatic carbocycles. The fourth-order valence-electron chi connectivity index (χ4n) is 4.34. The third-order valence-corrected chi connectivity index (χ3v) is 6.05. The van der Waals surface area contributed by atoms with Gasteiger partial charge in [0.2, 0.25) is 0 Å². The average Bonchev–Trinajstić information content (AvgIpc) is 3.23. The molecule has 2 atom stereocenters. The van der Waals surface area contributed by atoms with Gasteiger partial charge in [-0.2, -0.15) is 18.4 Å². The van der Waals surface area contributed by atoms with Crippen LogP contribution in [0, 0.1) is 11.3 Å². The van der Waals surface area contributed by atoms with Crippen molar-refractivity contribution in [1.82, 2.24) is 10.2 Å². The number of halogens is 3. The maximum absolute atomic E-state index is 13.8. The molecule has 36 heavy (non-hydrogen) atoms. The van der Waals surface area contributed by atoms with Crippen molar-refractivity contribution in [1.29, 1.82) is 5.26 Å². The highest BCUT2D eigenvalue weighted by Gasteiger charge is 2.48. The van der Waals surface area contributed by atoms with Gasteiger partial charge in [-0.3, -0.25) is 9.69 Å². The largest absolute Gasteiger partial charge is 0.416 e. The highest BCUT2D eigenvalue weighted by Crippen LogP contribution is 2.45. The summed E-state index contributed by atoms with van der Waals surface area (Å²) in [4.78, 5) is 41.9. The van der Waals surface area contributed by atoms with E-state index in [0.717, 1.165) is 28.0 Å². The number of nitriles is 1. The van der Waals surface area contributed by atoms with E-state index in [2.05, 4.69) is 5.32 Å². The number of urea groups is 2. The van der Waals surface area contributed by atoms with Crippen LogP contribution in [0.5, 0.6) is 0 Å². The van der Waals surface area contributed by atoms with Crippen LogP contribution in [-0.4, -0.2) is 40.5 Å². The highest BCUT2D eigenvalue weighted by molar-refractivity contribution is 6.12. The summed E-state index contributed by atoms with van der Waals surface area (Å²) >= 11 is 0. The van der Waals surface area contributed by atoms with E-state index in [1.807, 2.05) is 6.07 Å². The van der Waals surface area contributed by atoms with Gasteiger partial charge in [0, 0.05) is 17.7 Å². The van der Waals surface area contributed by atoms with Crippen LogP contribution < -0.4 is 10.2 Å². The Labute approximate surface area is 204 Å². The second kappa shape index (κ2) is 9.47. The Balaban J connectivity index is 1.91. The van der Waals surface area contributed by atoms with Gasteiger partial charge in [0.25, 0.3) is 0 Å². The lowest BCUT2D eigenvalue weighted by atomic mass is 9.92. The Bertz CT molecular complexity index is 1300. The summed E-state index contributed by atoms with van der Waals surface area (Å²) in [6.45, 7) is 1.07. The van der Waals surface area contributed by atoms with Gasteiger partial charge in [0.15, 0.2) is 5.78 Å². The van der Waals surface area contributed by atoms with Gasteiger partial charge in [0.1, 0.15) is 0 Å². The molecule has 2 aliphatic rings. The molecule has 0 bridgehead atoms. The quantitative estimate of drug-likeness (QED) is 0.654. The summed E-state index contributed by atoms with van der Waals surface area (Å²) in [5.74, 6) is -0.350. The van der Waals surface area contributed by atoms with E-state index in [9.17, 15) is 32.7 Å². The molecule has 1 aliphatic carbocycles. The predicted octanol–water partition coefficient (Wildman–Crippen LogP) is 4.27.